The summed E-state index contributed by atoms with van der Waals surface area (Å²) in [6, 6.07) is 0. The number of rotatable bonds is 3. The van der Waals surface area contributed by atoms with E-state index < -0.39 is 0 Å². The van der Waals surface area contributed by atoms with E-state index in [1.807, 2.05) is 26.8 Å². The molecule has 0 radical (unpaired) electrons. The van der Waals surface area contributed by atoms with Crippen molar-refractivity contribution in [3.05, 3.63) is 12.7 Å². The van der Waals surface area contributed by atoms with Crippen molar-refractivity contribution in [2.24, 2.45) is 0 Å². The van der Waals surface area contributed by atoms with Crippen LogP contribution in [0, 0.1) is 0 Å². The molecule has 0 aliphatic carbocycles. The van der Waals surface area contributed by atoms with Gasteiger partial charge in [0.15, 0.2) is 0 Å². The van der Waals surface area contributed by atoms with Crippen LogP contribution >= 0.6 is 15.9 Å². The van der Waals surface area contributed by atoms with Gasteiger partial charge in [-0.3, -0.25) is 0 Å². The van der Waals surface area contributed by atoms with Crippen LogP contribution < -0.4 is 0 Å². The Morgan fingerprint density at radius 1 is 1.60 bits per heavy atom. The number of halogens is 1. The zero-order chi connectivity index (χ0) is 8.20. The first-order valence-electron chi connectivity index (χ1n) is 3.36. The van der Waals surface area contributed by atoms with Crippen LogP contribution in [0.15, 0.2) is 12.7 Å². The molecule has 0 saturated heterocycles. The van der Waals surface area contributed by atoms with E-state index in [1.54, 1.807) is 0 Å². The standard InChI is InChI=1S/C8H15BrO/c1-5-7(9)6-10-8(2,3)4/h5,7H,1,6H2,2-4H3. The molecule has 0 amide bonds. The zero-order valence-corrected chi connectivity index (χ0v) is 8.44. The molecule has 0 bridgehead atoms. The molecule has 0 aromatic carbocycles. The van der Waals surface area contributed by atoms with Crippen LogP contribution in [-0.4, -0.2) is 17.0 Å². The summed E-state index contributed by atoms with van der Waals surface area (Å²) in [5.74, 6) is 0. The molecule has 1 atom stereocenters. The Morgan fingerprint density at radius 2 is 2.10 bits per heavy atom. The van der Waals surface area contributed by atoms with Crippen LogP contribution in [0.3, 0.4) is 0 Å². The molecule has 0 aromatic heterocycles. The Balaban J connectivity index is 3.45. The maximum absolute atomic E-state index is 5.46. The third-order valence-electron chi connectivity index (χ3n) is 0.931. The van der Waals surface area contributed by atoms with E-state index in [0.29, 0.717) is 6.61 Å². The SMILES string of the molecule is C=CC(Br)COC(C)(C)C. The predicted octanol–water partition coefficient (Wildman–Crippen LogP) is 2.75. The summed E-state index contributed by atoms with van der Waals surface area (Å²) in [6.07, 6.45) is 1.83. The monoisotopic (exact) mass is 206 g/mol. The van der Waals surface area contributed by atoms with Gasteiger partial charge >= 0.3 is 0 Å². The third kappa shape index (κ3) is 6.30. The van der Waals surface area contributed by atoms with Gasteiger partial charge < -0.3 is 4.74 Å². The van der Waals surface area contributed by atoms with E-state index in [2.05, 4.69) is 22.5 Å². The van der Waals surface area contributed by atoms with Gasteiger partial charge in [0.2, 0.25) is 0 Å². The molecule has 0 rings (SSSR count). The van der Waals surface area contributed by atoms with E-state index >= 15 is 0 Å². The van der Waals surface area contributed by atoms with Crippen molar-refractivity contribution in [3.63, 3.8) is 0 Å². The highest BCUT2D eigenvalue weighted by molar-refractivity contribution is 9.09. The summed E-state index contributed by atoms with van der Waals surface area (Å²) in [5, 5.41) is 0. The molecule has 0 aliphatic rings. The number of hydrogen-bond donors (Lipinski definition) is 0. The fraction of sp³-hybridized carbons (Fsp3) is 0.750. The maximum atomic E-state index is 5.46. The lowest BCUT2D eigenvalue weighted by atomic mass is 10.2. The molecule has 10 heavy (non-hydrogen) atoms. The molecule has 2 heteroatoms. The van der Waals surface area contributed by atoms with Gasteiger partial charge in [-0.05, 0) is 20.8 Å². The van der Waals surface area contributed by atoms with E-state index in [4.69, 9.17) is 4.74 Å². The van der Waals surface area contributed by atoms with Crippen LogP contribution in [0.2, 0.25) is 0 Å². The Morgan fingerprint density at radius 3 is 2.40 bits per heavy atom. The molecule has 0 fully saturated rings. The highest BCUT2D eigenvalue weighted by Gasteiger charge is 2.11. The van der Waals surface area contributed by atoms with Crippen LogP contribution in [0.5, 0.6) is 0 Å². The molecule has 1 unspecified atom stereocenters. The Hall–Kier alpha value is 0.180. The first-order chi connectivity index (χ1) is 4.45. The Labute approximate surface area is 71.6 Å². The summed E-state index contributed by atoms with van der Waals surface area (Å²) in [7, 11) is 0. The second-order valence-corrected chi connectivity index (χ2v) is 4.35. The predicted molar refractivity (Wildman–Crippen MR) is 48.6 cm³/mol. The van der Waals surface area contributed by atoms with E-state index in [9.17, 15) is 0 Å². The van der Waals surface area contributed by atoms with Crippen molar-refractivity contribution >= 4 is 15.9 Å². The first kappa shape index (κ1) is 10.2. The van der Waals surface area contributed by atoms with E-state index in [1.165, 1.54) is 0 Å². The lowest BCUT2D eigenvalue weighted by Gasteiger charge is -2.20. The molecular formula is C8H15BrO. The molecule has 0 saturated carbocycles. The van der Waals surface area contributed by atoms with Gasteiger partial charge in [0, 0.05) is 0 Å². The quantitative estimate of drug-likeness (QED) is 0.510. The highest BCUT2D eigenvalue weighted by atomic mass is 79.9. The number of hydrogen-bond acceptors (Lipinski definition) is 1. The van der Waals surface area contributed by atoms with Crippen LogP contribution in [0.1, 0.15) is 20.8 Å². The topological polar surface area (TPSA) is 9.23 Å². The fourth-order valence-corrected chi connectivity index (χ4v) is 0.530. The lowest BCUT2D eigenvalue weighted by molar-refractivity contribution is 0.00218. The Bertz CT molecular complexity index is 104. The second-order valence-electron chi connectivity index (χ2n) is 3.18. The molecule has 0 aliphatic heterocycles. The van der Waals surface area contributed by atoms with Crippen LogP contribution in [-0.2, 0) is 4.74 Å². The minimum absolute atomic E-state index is 0.0466. The summed E-state index contributed by atoms with van der Waals surface area (Å²) in [4.78, 5) is 0.270. The zero-order valence-electron chi connectivity index (χ0n) is 6.86. The van der Waals surface area contributed by atoms with E-state index in [0.717, 1.165) is 0 Å². The summed E-state index contributed by atoms with van der Waals surface area (Å²) < 4.78 is 5.46. The van der Waals surface area contributed by atoms with Crippen molar-refractivity contribution in [1.29, 1.82) is 0 Å². The fourth-order valence-electron chi connectivity index (χ4n) is 0.398. The van der Waals surface area contributed by atoms with Gasteiger partial charge in [-0.1, -0.05) is 22.0 Å². The highest BCUT2D eigenvalue weighted by Crippen LogP contribution is 2.10. The van der Waals surface area contributed by atoms with E-state index in [-0.39, 0.29) is 10.4 Å². The maximum Gasteiger partial charge on any atom is 0.0633 e. The van der Waals surface area contributed by atoms with Crippen molar-refractivity contribution in [2.45, 2.75) is 31.2 Å². The molecular weight excluding hydrogens is 192 g/mol. The van der Waals surface area contributed by atoms with Gasteiger partial charge in [-0.15, -0.1) is 6.58 Å². The normalized spacial score (nSPS) is 14.8. The van der Waals surface area contributed by atoms with Crippen molar-refractivity contribution in [3.8, 4) is 0 Å². The largest absolute Gasteiger partial charge is 0.374 e. The van der Waals surface area contributed by atoms with Crippen molar-refractivity contribution in [1.82, 2.24) is 0 Å². The minimum atomic E-state index is -0.0466. The summed E-state index contributed by atoms with van der Waals surface area (Å²) in [5.41, 5.74) is -0.0466. The average Bonchev–Trinajstić information content (AvgIpc) is 1.81. The average molecular weight is 207 g/mol. The third-order valence-corrected chi connectivity index (χ3v) is 1.57. The number of ether oxygens (including phenoxy) is 1. The second kappa shape index (κ2) is 4.14. The van der Waals surface area contributed by atoms with Gasteiger partial charge in [-0.25, -0.2) is 0 Å². The van der Waals surface area contributed by atoms with Crippen LogP contribution in [0.4, 0.5) is 0 Å². The molecule has 0 spiro atoms. The molecule has 0 heterocycles. The minimum Gasteiger partial charge on any atom is -0.374 e. The number of alkyl halides is 1. The molecule has 0 aromatic rings. The smallest absolute Gasteiger partial charge is 0.0633 e. The van der Waals surface area contributed by atoms with Gasteiger partial charge in [0.05, 0.1) is 17.0 Å². The molecule has 1 nitrogen and oxygen atoms in total. The van der Waals surface area contributed by atoms with Gasteiger partial charge in [0.1, 0.15) is 0 Å². The van der Waals surface area contributed by atoms with Crippen molar-refractivity contribution < 1.29 is 4.74 Å². The molecule has 0 N–H and O–H groups in total. The van der Waals surface area contributed by atoms with Gasteiger partial charge in [-0.2, -0.15) is 0 Å². The van der Waals surface area contributed by atoms with Crippen LogP contribution in [0.25, 0.3) is 0 Å². The van der Waals surface area contributed by atoms with Gasteiger partial charge in [0.25, 0.3) is 0 Å². The summed E-state index contributed by atoms with van der Waals surface area (Å²) >= 11 is 3.39. The summed E-state index contributed by atoms with van der Waals surface area (Å²) in [6.45, 7) is 10.4. The lowest BCUT2D eigenvalue weighted by Crippen LogP contribution is -2.22. The Kier molecular flexibility index (Phi) is 4.22. The molecule has 60 valence electrons. The first-order valence-corrected chi connectivity index (χ1v) is 4.28. The van der Waals surface area contributed by atoms with Crippen molar-refractivity contribution in [2.75, 3.05) is 6.61 Å².